The van der Waals surface area contributed by atoms with Gasteiger partial charge in [0, 0.05) is 12.1 Å². The van der Waals surface area contributed by atoms with Crippen molar-refractivity contribution in [2.24, 2.45) is 17.8 Å². The van der Waals surface area contributed by atoms with Gasteiger partial charge in [-0.25, -0.2) is 4.68 Å². The molecule has 2 aliphatic rings. The Morgan fingerprint density at radius 1 is 1.35 bits per heavy atom. The fourth-order valence-corrected chi connectivity index (χ4v) is 3.72. The van der Waals surface area contributed by atoms with E-state index in [9.17, 15) is 4.79 Å². The van der Waals surface area contributed by atoms with Crippen LogP contribution in [0.4, 0.5) is 0 Å². The standard InChI is InChI=1S/C17H19N5O/c1-11-2-4-14(8-16(11)22-10-19-20-21-22)17(23)18-9-15-7-12-3-5-13(15)6-12/h2-5,8,10,12-13,15H,6-7,9H2,1H3,(H,18,23)/t12-,13+,15-/m0/s1. The maximum atomic E-state index is 12.5. The van der Waals surface area contributed by atoms with Crippen LogP contribution in [0.1, 0.15) is 28.8 Å². The third-order valence-electron chi connectivity index (χ3n) is 5.01. The molecule has 2 aliphatic carbocycles. The van der Waals surface area contributed by atoms with Gasteiger partial charge in [0.25, 0.3) is 5.91 Å². The summed E-state index contributed by atoms with van der Waals surface area (Å²) in [6.07, 6.45) is 8.62. The summed E-state index contributed by atoms with van der Waals surface area (Å²) in [4.78, 5) is 12.5. The normalized spacial score (nSPS) is 25.0. The summed E-state index contributed by atoms with van der Waals surface area (Å²) in [7, 11) is 0. The summed E-state index contributed by atoms with van der Waals surface area (Å²) >= 11 is 0. The number of aromatic nitrogens is 4. The zero-order valence-electron chi connectivity index (χ0n) is 13.0. The monoisotopic (exact) mass is 309 g/mol. The molecule has 6 nitrogen and oxygen atoms in total. The molecule has 6 heteroatoms. The molecule has 0 radical (unpaired) electrons. The summed E-state index contributed by atoms with van der Waals surface area (Å²) < 4.78 is 1.58. The van der Waals surface area contributed by atoms with Crippen LogP contribution < -0.4 is 5.32 Å². The van der Waals surface area contributed by atoms with E-state index in [-0.39, 0.29) is 5.91 Å². The lowest BCUT2D eigenvalue weighted by molar-refractivity contribution is 0.0945. The molecule has 0 aliphatic heterocycles. The van der Waals surface area contributed by atoms with E-state index in [4.69, 9.17) is 0 Å². The predicted octanol–water partition coefficient (Wildman–Crippen LogP) is 1.91. The van der Waals surface area contributed by atoms with Gasteiger partial charge in [-0.15, -0.1) is 5.10 Å². The van der Waals surface area contributed by atoms with Gasteiger partial charge in [0.2, 0.25) is 0 Å². The fraction of sp³-hybridized carbons (Fsp3) is 0.412. The lowest BCUT2D eigenvalue weighted by Crippen LogP contribution is -2.31. The minimum absolute atomic E-state index is 0.0360. The molecule has 1 fully saturated rings. The largest absolute Gasteiger partial charge is 0.352 e. The average molecular weight is 309 g/mol. The molecule has 1 amide bonds. The van der Waals surface area contributed by atoms with Crippen LogP contribution in [-0.4, -0.2) is 32.7 Å². The smallest absolute Gasteiger partial charge is 0.251 e. The average Bonchev–Trinajstić information content (AvgIpc) is 3.30. The van der Waals surface area contributed by atoms with E-state index < -0.39 is 0 Å². The van der Waals surface area contributed by atoms with Crippen molar-refractivity contribution in [2.75, 3.05) is 6.54 Å². The van der Waals surface area contributed by atoms with Gasteiger partial charge in [-0.3, -0.25) is 4.79 Å². The van der Waals surface area contributed by atoms with Crippen LogP contribution in [-0.2, 0) is 0 Å². The second-order valence-corrected chi connectivity index (χ2v) is 6.51. The van der Waals surface area contributed by atoms with Gasteiger partial charge in [-0.1, -0.05) is 18.2 Å². The molecule has 118 valence electrons. The SMILES string of the molecule is Cc1ccc(C(=O)NC[C@@H]2C[C@H]3C=C[C@@H]2C3)cc1-n1cnnn1. The van der Waals surface area contributed by atoms with E-state index in [2.05, 4.69) is 33.0 Å². The zero-order valence-corrected chi connectivity index (χ0v) is 13.0. The van der Waals surface area contributed by atoms with Gasteiger partial charge in [-0.05, 0) is 65.6 Å². The van der Waals surface area contributed by atoms with E-state index in [0.717, 1.165) is 23.7 Å². The van der Waals surface area contributed by atoms with Crippen LogP contribution in [0.15, 0.2) is 36.7 Å². The van der Waals surface area contributed by atoms with Crippen LogP contribution in [0.2, 0.25) is 0 Å². The number of rotatable bonds is 4. The molecule has 2 bridgehead atoms. The summed E-state index contributed by atoms with van der Waals surface area (Å²) in [6, 6.07) is 5.60. The van der Waals surface area contributed by atoms with Crippen molar-refractivity contribution in [3.63, 3.8) is 0 Å². The lowest BCUT2D eigenvalue weighted by Gasteiger charge is -2.18. The summed E-state index contributed by atoms with van der Waals surface area (Å²) in [5.41, 5.74) is 2.48. The van der Waals surface area contributed by atoms with Crippen LogP contribution in [0, 0.1) is 24.7 Å². The van der Waals surface area contributed by atoms with Crippen LogP contribution >= 0.6 is 0 Å². The van der Waals surface area contributed by atoms with E-state index in [1.165, 1.54) is 19.2 Å². The highest BCUT2D eigenvalue weighted by Gasteiger charge is 2.35. The Morgan fingerprint density at radius 3 is 2.96 bits per heavy atom. The first-order chi connectivity index (χ1) is 11.2. The molecule has 0 spiro atoms. The number of hydrogen-bond donors (Lipinski definition) is 1. The number of amides is 1. The topological polar surface area (TPSA) is 72.7 Å². The fourth-order valence-electron chi connectivity index (χ4n) is 3.72. The quantitative estimate of drug-likeness (QED) is 0.876. The number of tetrazole rings is 1. The second kappa shape index (κ2) is 5.61. The van der Waals surface area contributed by atoms with Crippen LogP contribution in [0.3, 0.4) is 0 Å². The third kappa shape index (κ3) is 2.65. The van der Waals surface area contributed by atoms with Crippen molar-refractivity contribution in [3.05, 3.63) is 47.8 Å². The maximum Gasteiger partial charge on any atom is 0.251 e. The summed E-state index contributed by atoms with van der Waals surface area (Å²) in [5, 5.41) is 14.3. The minimum atomic E-state index is -0.0360. The first kappa shape index (κ1) is 14.1. The Hall–Kier alpha value is -2.50. The lowest BCUT2D eigenvalue weighted by atomic mass is 9.93. The second-order valence-electron chi connectivity index (χ2n) is 6.51. The molecular formula is C17H19N5O. The number of nitrogens with one attached hydrogen (secondary N) is 1. The molecule has 0 unspecified atom stereocenters. The van der Waals surface area contributed by atoms with Gasteiger partial charge >= 0.3 is 0 Å². The zero-order chi connectivity index (χ0) is 15.8. The Labute approximate surface area is 134 Å². The van der Waals surface area contributed by atoms with Crippen molar-refractivity contribution in [2.45, 2.75) is 19.8 Å². The highest BCUT2D eigenvalue weighted by Crippen LogP contribution is 2.42. The van der Waals surface area contributed by atoms with Gasteiger partial charge in [-0.2, -0.15) is 0 Å². The van der Waals surface area contributed by atoms with E-state index in [0.29, 0.717) is 17.4 Å². The van der Waals surface area contributed by atoms with Gasteiger partial charge in [0.15, 0.2) is 0 Å². The first-order valence-corrected chi connectivity index (χ1v) is 8.01. The molecule has 4 rings (SSSR count). The van der Waals surface area contributed by atoms with Crippen molar-refractivity contribution in [1.29, 1.82) is 0 Å². The number of aryl methyl sites for hydroxylation is 1. The minimum Gasteiger partial charge on any atom is -0.352 e. The molecule has 1 N–H and O–H groups in total. The van der Waals surface area contributed by atoms with Gasteiger partial charge in [0.1, 0.15) is 6.33 Å². The number of nitrogens with zero attached hydrogens (tertiary/aromatic N) is 4. The van der Waals surface area contributed by atoms with E-state index >= 15 is 0 Å². The van der Waals surface area contributed by atoms with Crippen LogP contribution in [0.25, 0.3) is 5.69 Å². The maximum absolute atomic E-state index is 12.5. The number of benzene rings is 1. The molecule has 1 heterocycles. The first-order valence-electron chi connectivity index (χ1n) is 8.01. The Bertz CT molecular complexity index is 752. The number of carbonyl (C=O) groups excluding carboxylic acids is 1. The molecule has 3 atom stereocenters. The number of fused-ring (bicyclic) bond motifs is 2. The van der Waals surface area contributed by atoms with Gasteiger partial charge in [0.05, 0.1) is 5.69 Å². The molecule has 1 aromatic carbocycles. The highest BCUT2D eigenvalue weighted by molar-refractivity contribution is 5.94. The molecule has 1 aromatic heterocycles. The van der Waals surface area contributed by atoms with Crippen molar-refractivity contribution >= 4 is 5.91 Å². The Kier molecular flexibility index (Phi) is 3.44. The van der Waals surface area contributed by atoms with Crippen molar-refractivity contribution in [1.82, 2.24) is 25.5 Å². The predicted molar refractivity (Wildman–Crippen MR) is 85.1 cm³/mol. The number of carbonyl (C=O) groups is 1. The molecular weight excluding hydrogens is 290 g/mol. The van der Waals surface area contributed by atoms with Gasteiger partial charge < -0.3 is 5.32 Å². The number of allylic oxidation sites excluding steroid dienone is 2. The molecule has 23 heavy (non-hydrogen) atoms. The highest BCUT2D eigenvalue weighted by atomic mass is 16.1. The van der Waals surface area contributed by atoms with Crippen LogP contribution in [0.5, 0.6) is 0 Å². The molecule has 1 saturated carbocycles. The Morgan fingerprint density at radius 2 is 2.26 bits per heavy atom. The third-order valence-corrected chi connectivity index (χ3v) is 5.01. The summed E-state index contributed by atoms with van der Waals surface area (Å²) in [6.45, 7) is 2.72. The summed E-state index contributed by atoms with van der Waals surface area (Å²) in [5.74, 6) is 1.92. The molecule has 0 saturated heterocycles. The van der Waals surface area contributed by atoms with E-state index in [1.807, 2.05) is 25.1 Å². The van der Waals surface area contributed by atoms with E-state index in [1.54, 1.807) is 4.68 Å². The Balaban J connectivity index is 1.46. The van der Waals surface area contributed by atoms with Crippen molar-refractivity contribution < 1.29 is 4.79 Å². The number of hydrogen-bond acceptors (Lipinski definition) is 4. The van der Waals surface area contributed by atoms with Crippen molar-refractivity contribution in [3.8, 4) is 5.69 Å². The molecule has 2 aromatic rings.